The Morgan fingerprint density at radius 1 is 1.08 bits per heavy atom. The topological polar surface area (TPSA) is 81.2 Å². The highest BCUT2D eigenvalue weighted by Gasteiger charge is 2.19. The maximum absolute atomic E-state index is 12.2. The van der Waals surface area contributed by atoms with E-state index in [1.54, 1.807) is 12.1 Å². The lowest BCUT2D eigenvalue weighted by Gasteiger charge is -2.11. The van der Waals surface area contributed by atoms with Crippen molar-refractivity contribution in [2.75, 3.05) is 14.1 Å². The number of sulfonamides is 1. The molecule has 0 radical (unpaired) electrons. The largest absolute Gasteiger partial charge is 0.415 e. The summed E-state index contributed by atoms with van der Waals surface area (Å²) >= 11 is 0. The molecular formula is C16H18N4O3S. The van der Waals surface area contributed by atoms with Crippen LogP contribution in [0.5, 0.6) is 0 Å². The fourth-order valence-corrected chi connectivity index (χ4v) is 3.22. The lowest BCUT2D eigenvalue weighted by Crippen LogP contribution is -2.22. The Morgan fingerprint density at radius 3 is 2.42 bits per heavy atom. The molecule has 0 aliphatic rings. The Morgan fingerprint density at radius 2 is 1.79 bits per heavy atom. The number of hydrogen-bond acceptors (Lipinski definition) is 5. The summed E-state index contributed by atoms with van der Waals surface area (Å²) in [5, 5.41) is 8.11. The van der Waals surface area contributed by atoms with Crippen LogP contribution in [0.4, 0.5) is 0 Å². The van der Waals surface area contributed by atoms with Crippen molar-refractivity contribution in [3.63, 3.8) is 0 Å². The van der Waals surface area contributed by atoms with Gasteiger partial charge in [-0.1, -0.05) is 6.07 Å². The molecular weight excluding hydrogens is 328 g/mol. The molecule has 0 saturated heterocycles. The molecule has 0 fully saturated rings. The quantitative estimate of drug-likeness (QED) is 0.724. The average Bonchev–Trinajstić information content (AvgIpc) is 3.15. The Kier molecular flexibility index (Phi) is 4.02. The van der Waals surface area contributed by atoms with E-state index in [-0.39, 0.29) is 10.8 Å². The number of nitrogens with zero attached hydrogens (tertiary/aromatic N) is 4. The normalized spacial score (nSPS) is 12.0. The van der Waals surface area contributed by atoms with Crippen molar-refractivity contribution < 1.29 is 12.8 Å². The van der Waals surface area contributed by atoms with Crippen LogP contribution in [-0.4, -0.2) is 41.6 Å². The van der Waals surface area contributed by atoms with Gasteiger partial charge < -0.3 is 8.98 Å². The smallest absolute Gasteiger partial charge is 0.264 e. The van der Waals surface area contributed by atoms with Crippen LogP contribution < -0.4 is 0 Å². The molecule has 1 aromatic carbocycles. The van der Waals surface area contributed by atoms with Crippen molar-refractivity contribution in [1.29, 1.82) is 0 Å². The van der Waals surface area contributed by atoms with Crippen molar-refractivity contribution in [3.05, 3.63) is 42.1 Å². The molecule has 7 nitrogen and oxygen atoms in total. The molecule has 0 bridgehead atoms. The van der Waals surface area contributed by atoms with Gasteiger partial charge in [-0.3, -0.25) is 0 Å². The molecule has 2 aromatic heterocycles. The van der Waals surface area contributed by atoms with Gasteiger partial charge in [-0.25, -0.2) is 12.7 Å². The maximum atomic E-state index is 12.2. The third-order valence-corrected chi connectivity index (χ3v) is 5.69. The molecule has 0 saturated carbocycles. The third kappa shape index (κ3) is 2.74. The monoisotopic (exact) mass is 346 g/mol. The van der Waals surface area contributed by atoms with Gasteiger partial charge in [0.2, 0.25) is 15.9 Å². The van der Waals surface area contributed by atoms with Gasteiger partial charge in [0.25, 0.3) is 5.89 Å². The van der Waals surface area contributed by atoms with E-state index in [1.807, 2.05) is 30.7 Å². The third-order valence-electron chi connectivity index (χ3n) is 3.88. The first kappa shape index (κ1) is 16.4. The molecule has 0 aliphatic heterocycles. The number of hydrogen-bond donors (Lipinski definition) is 0. The second kappa shape index (κ2) is 5.88. The molecule has 0 unspecified atom stereocenters. The summed E-state index contributed by atoms with van der Waals surface area (Å²) in [7, 11) is 1.38. The van der Waals surface area contributed by atoms with Crippen LogP contribution in [0.3, 0.4) is 0 Å². The van der Waals surface area contributed by atoms with Crippen LogP contribution in [-0.2, 0) is 17.1 Å². The molecule has 0 amide bonds. The van der Waals surface area contributed by atoms with E-state index >= 15 is 0 Å². The van der Waals surface area contributed by atoms with Crippen LogP contribution in [0.2, 0.25) is 0 Å². The van der Waals surface area contributed by atoms with Crippen molar-refractivity contribution in [3.8, 4) is 23.0 Å². The number of benzene rings is 1. The van der Waals surface area contributed by atoms with Crippen molar-refractivity contribution in [2.45, 2.75) is 11.8 Å². The van der Waals surface area contributed by atoms with Crippen LogP contribution in [0.15, 0.2) is 45.7 Å². The van der Waals surface area contributed by atoms with Crippen molar-refractivity contribution in [2.24, 2.45) is 7.05 Å². The summed E-state index contributed by atoms with van der Waals surface area (Å²) < 4.78 is 33.3. The van der Waals surface area contributed by atoms with Crippen LogP contribution >= 0.6 is 0 Å². The molecule has 0 N–H and O–H groups in total. The van der Waals surface area contributed by atoms with Gasteiger partial charge in [0.1, 0.15) is 5.69 Å². The molecule has 0 aliphatic carbocycles. The first-order valence-corrected chi connectivity index (χ1v) is 8.74. The SMILES string of the molecule is Cc1ccc(-c2nnc(-c3cccc(S(=O)(=O)N(C)C)c3)o2)n1C. The fraction of sp³-hybridized carbons (Fsp3) is 0.250. The van der Waals surface area contributed by atoms with E-state index in [9.17, 15) is 8.42 Å². The molecule has 126 valence electrons. The maximum Gasteiger partial charge on any atom is 0.264 e. The summed E-state index contributed by atoms with van der Waals surface area (Å²) in [6.07, 6.45) is 0. The number of rotatable bonds is 4. The predicted octanol–water partition coefficient (Wildman–Crippen LogP) is 2.30. The fourth-order valence-electron chi connectivity index (χ4n) is 2.27. The standard InChI is InChI=1S/C16H18N4O3S/c1-11-8-9-14(20(11)4)16-18-17-15(23-16)12-6-5-7-13(10-12)24(21,22)19(2)3/h5-10H,1-4H3. The van der Waals surface area contributed by atoms with Crippen molar-refractivity contribution >= 4 is 10.0 Å². The molecule has 0 atom stereocenters. The second-order valence-corrected chi connectivity index (χ2v) is 7.80. The van der Waals surface area contributed by atoms with Gasteiger partial charge in [0.15, 0.2) is 0 Å². The highest BCUT2D eigenvalue weighted by Crippen LogP contribution is 2.26. The van der Waals surface area contributed by atoms with Gasteiger partial charge in [-0.2, -0.15) is 0 Å². The lowest BCUT2D eigenvalue weighted by atomic mass is 10.2. The van der Waals surface area contributed by atoms with Crippen LogP contribution in [0.1, 0.15) is 5.69 Å². The first-order chi connectivity index (χ1) is 11.3. The van der Waals surface area contributed by atoms with Gasteiger partial charge in [-0.15, -0.1) is 10.2 Å². The first-order valence-electron chi connectivity index (χ1n) is 7.30. The Bertz CT molecular complexity index is 986. The summed E-state index contributed by atoms with van der Waals surface area (Å²) in [5.41, 5.74) is 2.44. The van der Waals surface area contributed by atoms with E-state index in [1.165, 1.54) is 26.2 Å². The number of aryl methyl sites for hydroxylation is 1. The van der Waals surface area contributed by atoms with E-state index < -0.39 is 10.0 Å². The van der Waals surface area contributed by atoms with E-state index in [2.05, 4.69) is 10.2 Å². The zero-order valence-electron chi connectivity index (χ0n) is 13.9. The predicted molar refractivity (Wildman–Crippen MR) is 89.8 cm³/mol. The van der Waals surface area contributed by atoms with E-state index in [0.29, 0.717) is 11.5 Å². The summed E-state index contributed by atoms with van der Waals surface area (Å²) in [6.45, 7) is 1.98. The summed E-state index contributed by atoms with van der Waals surface area (Å²) in [6, 6.07) is 10.3. The number of aromatic nitrogens is 3. The van der Waals surface area contributed by atoms with Gasteiger partial charge in [0, 0.05) is 32.4 Å². The van der Waals surface area contributed by atoms with E-state index in [0.717, 1.165) is 15.7 Å². The Hall–Kier alpha value is -2.45. The Labute approximate surface area is 140 Å². The Balaban J connectivity index is 2.01. The van der Waals surface area contributed by atoms with Crippen LogP contribution in [0.25, 0.3) is 23.0 Å². The second-order valence-electron chi connectivity index (χ2n) is 5.65. The molecule has 8 heteroatoms. The zero-order valence-corrected chi connectivity index (χ0v) is 14.7. The minimum atomic E-state index is -3.52. The molecule has 0 spiro atoms. The molecule has 2 heterocycles. The van der Waals surface area contributed by atoms with Crippen molar-refractivity contribution in [1.82, 2.24) is 19.1 Å². The average molecular weight is 346 g/mol. The summed E-state index contributed by atoms with van der Waals surface area (Å²) in [5.74, 6) is 0.668. The minimum Gasteiger partial charge on any atom is -0.415 e. The molecule has 3 aromatic rings. The molecule has 24 heavy (non-hydrogen) atoms. The van der Waals surface area contributed by atoms with Gasteiger partial charge in [0.05, 0.1) is 4.90 Å². The van der Waals surface area contributed by atoms with Gasteiger partial charge in [-0.05, 0) is 37.3 Å². The lowest BCUT2D eigenvalue weighted by molar-refractivity contribution is 0.520. The highest BCUT2D eigenvalue weighted by atomic mass is 32.2. The van der Waals surface area contributed by atoms with Gasteiger partial charge >= 0.3 is 0 Å². The van der Waals surface area contributed by atoms with Crippen LogP contribution in [0, 0.1) is 6.92 Å². The zero-order chi connectivity index (χ0) is 17.5. The highest BCUT2D eigenvalue weighted by molar-refractivity contribution is 7.89. The molecule has 3 rings (SSSR count). The van der Waals surface area contributed by atoms with E-state index in [4.69, 9.17) is 4.42 Å². The summed E-state index contributed by atoms with van der Waals surface area (Å²) in [4.78, 5) is 0.180. The minimum absolute atomic E-state index is 0.180.